The molecular formula is C21H18Cl2N2O3. The van der Waals surface area contributed by atoms with Crippen molar-refractivity contribution >= 4 is 29.1 Å². The molecule has 0 aliphatic carbocycles. The van der Waals surface area contributed by atoms with Crippen molar-refractivity contribution in [1.82, 2.24) is 10.1 Å². The summed E-state index contributed by atoms with van der Waals surface area (Å²) in [6.07, 6.45) is 3.00. The van der Waals surface area contributed by atoms with Gasteiger partial charge in [-0.3, -0.25) is 4.79 Å². The number of halogens is 2. The molecule has 1 saturated heterocycles. The zero-order valence-corrected chi connectivity index (χ0v) is 16.5. The topological polar surface area (TPSA) is 55.6 Å². The number of amides is 1. The number of carbonyl (C=O) groups excluding carboxylic acids is 1. The number of hydrogen-bond donors (Lipinski definition) is 0. The normalized spacial score (nSPS) is 14.9. The molecule has 4 rings (SSSR count). The smallest absolute Gasteiger partial charge is 0.259 e. The Hall–Kier alpha value is -2.50. The standard InChI is InChI=1S/C21H18Cl2N2O3/c22-15-3-1-14(2-4-15)20-19(13-27-24-20)21(26)25-11-9-18(10-12-25)28-17-7-5-16(23)6-8-17/h1-8,13,18H,9-12H2. The Balaban J connectivity index is 1.40. The highest BCUT2D eigenvalue weighted by atomic mass is 35.5. The minimum atomic E-state index is -0.0869. The lowest BCUT2D eigenvalue weighted by Gasteiger charge is -2.32. The Bertz CT molecular complexity index is 947. The lowest BCUT2D eigenvalue weighted by Crippen LogP contribution is -2.41. The van der Waals surface area contributed by atoms with Gasteiger partial charge in [-0.1, -0.05) is 40.5 Å². The summed E-state index contributed by atoms with van der Waals surface area (Å²) in [6.45, 7) is 1.23. The van der Waals surface area contributed by atoms with Gasteiger partial charge in [0.2, 0.25) is 0 Å². The maximum Gasteiger partial charge on any atom is 0.259 e. The van der Waals surface area contributed by atoms with E-state index in [0.717, 1.165) is 24.2 Å². The molecule has 2 aromatic carbocycles. The fourth-order valence-electron chi connectivity index (χ4n) is 3.26. The molecule has 1 fully saturated rings. The van der Waals surface area contributed by atoms with E-state index in [9.17, 15) is 4.79 Å². The summed E-state index contributed by atoms with van der Waals surface area (Å²) in [5.41, 5.74) is 1.78. The monoisotopic (exact) mass is 416 g/mol. The molecule has 144 valence electrons. The van der Waals surface area contributed by atoms with E-state index in [0.29, 0.717) is 34.4 Å². The van der Waals surface area contributed by atoms with Crippen LogP contribution in [-0.2, 0) is 0 Å². The van der Waals surface area contributed by atoms with Crippen molar-refractivity contribution in [2.24, 2.45) is 0 Å². The van der Waals surface area contributed by atoms with E-state index in [1.54, 1.807) is 24.3 Å². The average Bonchev–Trinajstić information content (AvgIpc) is 3.20. The first-order valence-corrected chi connectivity index (χ1v) is 9.77. The van der Waals surface area contributed by atoms with E-state index in [1.807, 2.05) is 29.2 Å². The van der Waals surface area contributed by atoms with Crippen molar-refractivity contribution in [1.29, 1.82) is 0 Å². The molecule has 3 aromatic rings. The third-order valence-electron chi connectivity index (χ3n) is 4.76. The van der Waals surface area contributed by atoms with Gasteiger partial charge < -0.3 is 14.2 Å². The van der Waals surface area contributed by atoms with Crippen molar-refractivity contribution in [3.05, 3.63) is 70.4 Å². The molecule has 0 saturated carbocycles. The van der Waals surface area contributed by atoms with E-state index in [-0.39, 0.29) is 12.0 Å². The third-order valence-corrected chi connectivity index (χ3v) is 5.27. The van der Waals surface area contributed by atoms with Gasteiger partial charge in [-0.25, -0.2) is 0 Å². The minimum absolute atomic E-state index is 0.0726. The fraction of sp³-hybridized carbons (Fsp3) is 0.238. The fourth-order valence-corrected chi connectivity index (χ4v) is 3.51. The number of carbonyl (C=O) groups is 1. The number of nitrogens with zero attached hydrogens (tertiary/aromatic N) is 2. The Morgan fingerprint density at radius 2 is 1.61 bits per heavy atom. The predicted molar refractivity (Wildman–Crippen MR) is 108 cm³/mol. The summed E-state index contributed by atoms with van der Waals surface area (Å²) in [4.78, 5) is 14.8. The van der Waals surface area contributed by atoms with Crippen LogP contribution in [0.15, 0.2) is 59.3 Å². The molecule has 0 bridgehead atoms. The largest absolute Gasteiger partial charge is 0.490 e. The zero-order chi connectivity index (χ0) is 19.5. The Morgan fingerprint density at radius 3 is 2.25 bits per heavy atom. The van der Waals surface area contributed by atoms with Crippen LogP contribution >= 0.6 is 23.2 Å². The zero-order valence-electron chi connectivity index (χ0n) is 15.0. The van der Waals surface area contributed by atoms with Gasteiger partial charge >= 0.3 is 0 Å². The summed E-state index contributed by atoms with van der Waals surface area (Å²) < 4.78 is 11.1. The lowest BCUT2D eigenvalue weighted by molar-refractivity contribution is 0.0595. The highest BCUT2D eigenvalue weighted by Crippen LogP contribution is 2.27. The summed E-state index contributed by atoms with van der Waals surface area (Å²) in [5, 5.41) is 5.32. The molecule has 0 N–H and O–H groups in total. The van der Waals surface area contributed by atoms with Gasteiger partial charge in [0.15, 0.2) is 0 Å². The van der Waals surface area contributed by atoms with Crippen LogP contribution in [-0.4, -0.2) is 35.2 Å². The van der Waals surface area contributed by atoms with Crippen LogP contribution in [0.5, 0.6) is 5.75 Å². The minimum Gasteiger partial charge on any atom is -0.490 e. The number of likely N-dealkylation sites (tertiary alicyclic amines) is 1. The quantitative estimate of drug-likeness (QED) is 0.576. The number of hydrogen-bond acceptors (Lipinski definition) is 4. The van der Waals surface area contributed by atoms with E-state index in [4.69, 9.17) is 32.5 Å². The molecule has 1 aromatic heterocycles. The highest BCUT2D eigenvalue weighted by molar-refractivity contribution is 6.30. The van der Waals surface area contributed by atoms with Crippen molar-refractivity contribution in [3.63, 3.8) is 0 Å². The van der Waals surface area contributed by atoms with Gasteiger partial charge in [0, 0.05) is 41.5 Å². The molecule has 1 aliphatic rings. The Kier molecular flexibility index (Phi) is 5.55. The lowest BCUT2D eigenvalue weighted by atomic mass is 10.0. The SMILES string of the molecule is O=C(c1conc1-c1ccc(Cl)cc1)N1CCC(Oc2ccc(Cl)cc2)CC1. The molecule has 0 spiro atoms. The van der Waals surface area contributed by atoms with E-state index in [1.165, 1.54) is 6.26 Å². The first kappa shape index (κ1) is 18.8. The van der Waals surface area contributed by atoms with Crippen LogP contribution in [0, 0.1) is 0 Å². The molecule has 2 heterocycles. The van der Waals surface area contributed by atoms with Gasteiger partial charge in [-0.05, 0) is 36.4 Å². The Labute approximate surface area is 172 Å². The van der Waals surface area contributed by atoms with Crippen LogP contribution in [0.3, 0.4) is 0 Å². The number of piperidine rings is 1. The van der Waals surface area contributed by atoms with Gasteiger partial charge in [0.1, 0.15) is 29.4 Å². The molecule has 7 heteroatoms. The number of benzene rings is 2. The van der Waals surface area contributed by atoms with Crippen LogP contribution in [0.1, 0.15) is 23.2 Å². The van der Waals surface area contributed by atoms with Gasteiger partial charge in [-0.2, -0.15) is 0 Å². The van der Waals surface area contributed by atoms with Crippen LogP contribution in [0.4, 0.5) is 0 Å². The Morgan fingerprint density at radius 1 is 1.00 bits per heavy atom. The summed E-state index contributed by atoms with van der Waals surface area (Å²) in [5.74, 6) is 0.703. The first-order chi connectivity index (χ1) is 13.6. The molecule has 1 aliphatic heterocycles. The van der Waals surface area contributed by atoms with E-state index < -0.39 is 0 Å². The maximum absolute atomic E-state index is 13.0. The van der Waals surface area contributed by atoms with Crippen molar-refractivity contribution in [2.75, 3.05) is 13.1 Å². The van der Waals surface area contributed by atoms with E-state index >= 15 is 0 Å². The molecule has 28 heavy (non-hydrogen) atoms. The summed E-state index contributed by atoms with van der Waals surface area (Å²) in [6, 6.07) is 14.5. The predicted octanol–water partition coefficient (Wildman–Crippen LogP) is 5.33. The molecule has 0 radical (unpaired) electrons. The summed E-state index contributed by atoms with van der Waals surface area (Å²) in [7, 11) is 0. The number of ether oxygens (including phenoxy) is 1. The van der Waals surface area contributed by atoms with Gasteiger partial charge in [0.05, 0.1) is 0 Å². The highest BCUT2D eigenvalue weighted by Gasteiger charge is 2.28. The molecular weight excluding hydrogens is 399 g/mol. The second-order valence-corrected chi connectivity index (χ2v) is 7.52. The molecule has 1 amide bonds. The first-order valence-electron chi connectivity index (χ1n) is 9.02. The average molecular weight is 417 g/mol. The number of aromatic nitrogens is 1. The van der Waals surface area contributed by atoms with Crippen molar-refractivity contribution < 1.29 is 14.1 Å². The molecule has 0 atom stereocenters. The third kappa shape index (κ3) is 4.16. The second kappa shape index (κ2) is 8.25. The van der Waals surface area contributed by atoms with Crippen molar-refractivity contribution in [2.45, 2.75) is 18.9 Å². The van der Waals surface area contributed by atoms with Crippen LogP contribution in [0.2, 0.25) is 10.0 Å². The summed E-state index contributed by atoms with van der Waals surface area (Å²) >= 11 is 11.8. The molecule has 0 unspecified atom stereocenters. The maximum atomic E-state index is 13.0. The van der Waals surface area contributed by atoms with Crippen molar-refractivity contribution in [3.8, 4) is 17.0 Å². The van der Waals surface area contributed by atoms with E-state index in [2.05, 4.69) is 5.16 Å². The van der Waals surface area contributed by atoms with Crippen LogP contribution in [0.25, 0.3) is 11.3 Å². The van der Waals surface area contributed by atoms with Gasteiger partial charge in [0.25, 0.3) is 5.91 Å². The van der Waals surface area contributed by atoms with Crippen LogP contribution < -0.4 is 4.74 Å². The van der Waals surface area contributed by atoms with Gasteiger partial charge in [-0.15, -0.1) is 0 Å². The molecule has 5 nitrogen and oxygen atoms in total. The number of rotatable bonds is 4. The second-order valence-electron chi connectivity index (χ2n) is 6.65.